The fourth-order valence-electron chi connectivity index (χ4n) is 1.85. The number of hydrogen-bond donors (Lipinski definition) is 1. The fraction of sp³-hybridized carbons (Fsp3) is 0.143. The topological polar surface area (TPSA) is 29.3 Å². The van der Waals surface area contributed by atoms with Crippen molar-refractivity contribution in [1.29, 1.82) is 0 Å². The van der Waals surface area contributed by atoms with Crippen LogP contribution in [0.4, 0.5) is 15.8 Å². The molecule has 0 radical (unpaired) electrons. The molecule has 0 aromatic heterocycles. The second-order valence-corrected chi connectivity index (χ2v) is 4.51. The second kappa shape index (κ2) is 5.27. The lowest BCUT2D eigenvalue weighted by atomic mass is 10.2. The van der Waals surface area contributed by atoms with E-state index in [9.17, 15) is 4.39 Å². The van der Waals surface area contributed by atoms with Crippen molar-refractivity contribution >= 4 is 23.0 Å². The first-order chi connectivity index (χ1) is 8.59. The van der Waals surface area contributed by atoms with E-state index in [0.717, 1.165) is 11.3 Å². The normalized spacial score (nSPS) is 10.4. The third kappa shape index (κ3) is 2.57. The molecule has 0 saturated heterocycles. The molecule has 2 rings (SSSR count). The minimum atomic E-state index is -0.399. The van der Waals surface area contributed by atoms with Gasteiger partial charge in [0.15, 0.2) is 0 Å². The van der Waals surface area contributed by atoms with E-state index in [1.54, 1.807) is 12.1 Å². The number of benzene rings is 2. The first-order valence-corrected chi connectivity index (χ1v) is 5.96. The van der Waals surface area contributed by atoms with Crippen molar-refractivity contribution in [1.82, 2.24) is 0 Å². The minimum Gasteiger partial charge on any atom is -0.397 e. The Balaban J connectivity index is 2.24. The lowest BCUT2D eigenvalue weighted by molar-refractivity contribution is 0.625. The number of halogens is 2. The van der Waals surface area contributed by atoms with Crippen molar-refractivity contribution in [3.63, 3.8) is 0 Å². The molecule has 0 unspecified atom stereocenters. The second-order valence-electron chi connectivity index (χ2n) is 4.13. The van der Waals surface area contributed by atoms with Crippen LogP contribution in [0, 0.1) is 5.82 Å². The summed E-state index contributed by atoms with van der Waals surface area (Å²) in [5, 5.41) is 0.166. The summed E-state index contributed by atoms with van der Waals surface area (Å²) in [5.74, 6) is -0.399. The molecule has 0 fully saturated rings. The van der Waals surface area contributed by atoms with Crippen LogP contribution in [0.25, 0.3) is 0 Å². The van der Waals surface area contributed by atoms with Gasteiger partial charge in [-0.1, -0.05) is 35.9 Å². The first kappa shape index (κ1) is 12.7. The van der Waals surface area contributed by atoms with Crippen LogP contribution in [0.3, 0.4) is 0 Å². The van der Waals surface area contributed by atoms with E-state index < -0.39 is 5.82 Å². The predicted octanol–water partition coefficient (Wildman–Crippen LogP) is 3.70. The highest BCUT2D eigenvalue weighted by atomic mass is 35.5. The van der Waals surface area contributed by atoms with Crippen molar-refractivity contribution in [3.05, 3.63) is 58.9 Å². The number of anilines is 2. The molecule has 0 heterocycles. The van der Waals surface area contributed by atoms with E-state index in [1.165, 1.54) is 6.07 Å². The number of nitrogens with two attached hydrogens (primary N) is 1. The Hall–Kier alpha value is -1.74. The standard InChI is InChI=1S/C14H14ClFN2/c1-18(13-8-3-2-7-12(13)17)9-10-5-4-6-11(16)14(10)15/h2-8H,9,17H2,1H3. The Labute approximate surface area is 111 Å². The Morgan fingerprint density at radius 1 is 1.17 bits per heavy atom. The van der Waals surface area contributed by atoms with Crippen LogP contribution in [-0.2, 0) is 6.54 Å². The number of nitrogens with zero attached hydrogens (tertiary/aromatic N) is 1. The van der Waals surface area contributed by atoms with Gasteiger partial charge in [-0.25, -0.2) is 4.39 Å². The number of nitrogen functional groups attached to an aromatic ring is 1. The van der Waals surface area contributed by atoms with Gasteiger partial charge in [0.25, 0.3) is 0 Å². The monoisotopic (exact) mass is 264 g/mol. The third-order valence-corrected chi connectivity index (χ3v) is 3.21. The van der Waals surface area contributed by atoms with Gasteiger partial charge < -0.3 is 10.6 Å². The maximum absolute atomic E-state index is 13.3. The number of para-hydroxylation sites is 2. The van der Waals surface area contributed by atoms with Gasteiger partial charge in [-0.2, -0.15) is 0 Å². The zero-order chi connectivity index (χ0) is 13.1. The maximum atomic E-state index is 13.3. The summed E-state index contributed by atoms with van der Waals surface area (Å²) in [7, 11) is 1.90. The van der Waals surface area contributed by atoms with Gasteiger partial charge in [-0.3, -0.25) is 0 Å². The van der Waals surface area contributed by atoms with Gasteiger partial charge in [0.1, 0.15) is 5.82 Å². The Kier molecular flexibility index (Phi) is 3.72. The van der Waals surface area contributed by atoms with Crippen LogP contribution in [0.15, 0.2) is 42.5 Å². The number of rotatable bonds is 3. The van der Waals surface area contributed by atoms with Crippen molar-refractivity contribution in [2.75, 3.05) is 17.7 Å². The minimum absolute atomic E-state index is 0.166. The largest absolute Gasteiger partial charge is 0.397 e. The molecule has 0 atom stereocenters. The van der Waals surface area contributed by atoms with Crippen molar-refractivity contribution < 1.29 is 4.39 Å². The van der Waals surface area contributed by atoms with Gasteiger partial charge in [-0.05, 0) is 23.8 Å². The molecule has 2 aromatic carbocycles. The summed E-state index contributed by atoms with van der Waals surface area (Å²) in [6, 6.07) is 12.3. The van der Waals surface area contributed by atoms with E-state index in [4.69, 9.17) is 17.3 Å². The van der Waals surface area contributed by atoms with Crippen LogP contribution < -0.4 is 10.6 Å². The molecule has 2 N–H and O–H groups in total. The molecule has 0 amide bonds. The van der Waals surface area contributed by atoms with E-state index in [0.29, 0.717) is 12.2 Å². The summed E-state index contributed by atoms with van der Waals surface area (Å²) in [4.78, 5) is 1.94. The molecule has 0 aliphatic carbocycles. The molecule has 94 valence electrons. The molecule has 2 aromatic rings. The molecular weight excluding hydrogens is 251 g/mol. The first-order valence-electron chi connectivity index (χ1n) is 5.58. The van der Waals surface area contributed by atoms with Crippen LogP contribution in [0.5, 0.6) is 0 Å². The molecule has 4 heteroatoms. The SMILES string of the molecule is CN(Cc1cccc(F)c1Cl)c1ccccc1N. The third-order valence-electron chi connectivity index (χ3n) is 2.79. The molecule has 18 heavy (non-hydrogen) atoms. The lowest BCUT2D eigenvalue weighted by Gasteiger charge is -2.21. The Morgan fingerprint density at radius 2 is 1.89 bits per heavy atom. The highest BCUT2D eigenvalue weighted by Gasteiger charge is 2.10. The average molecular weight is 265 g/mol. The van der Waals surface area contributed by atoms with E-state index in [2.05, 4.69) is 0 Å². The van der Waals surface area contributed by atoms with E-state index in [1.807, 2.05) is 36.2 Å². The summed E-state index contributed by atoms with van der Waals surface area (Å²) in [6.07, 6.45) is 0. The predicted molar refractivity (Wildman–Crippen MR) is 74.4 cm³/mol. The summed E-state index contributed by atoms with van der Waals surface area (Å²) in [5.41, 5.74) is 8.22. The zero-order valence-corrected chi connectivity index (χ0v) is 10.8. The highest BCUT2D eigenvalue weighted by Crippen LogP contribution is 2.26. The van der Waals surface area contributed by atoms with Crippen LogP contribution in [-0.4, -0.2) is 7.05 Å². The summed E-state index contributed by atoms with van der Waals surface area (Å²) >= 11 is 5.93. The molecule has 2 nitrogen and oxygen atoms in total. The quantitative estimate of drug-likeness (QED) is 0.857. The maximum Gasteiger partial charge on any atom is 0.142 e. The van der Waals surface area contributed by atoms with Crippen LogP contribution in [0.2, 0.25) is 5.02 Å². The van der Waals surface area contributed by atoms with Crippen molar-refractivity contribution in [2.24, 2.45) is 0 Å². The zero-order valence-electron chi connectivity index (χ0n) is 10.0. The van der Waals surface area contributed by atoms with Crippen molar-refractivity contribution in [2.45, 2.75) is 6.54 Å². The average Bonchev–Trinajstić information content (AvgIpc) is 2.35. The Morgan fingerprint density at radius 3 is 2.61 bits per heavy atom. The Bertz CT molecular complexity index is 557. The van der Waals surface area contributed by atoms with Gasteiger partial charge in [0, 0.05) is 13.6 Å². The van der Waals surface area contributed by atoms with Gasteiger partial charge in [-0.15, -0.1) is 0 Å². The van der Waals surface area contributed by atoms with Gasteiger partial charge >= 0.3 is 0 Å². The van der Waals surface area contributed by atoms with Crippen LogP contribution in [0.1, 0.15) is 5.56 Å². The molecule has 0 spiro atoms. The fourth-order valence-corrected chi connectivity index (χ4v) is 2.03. The molecule has 0 bridgehead atoms. The molecule has 0 aliphatic rings. The summed E-state index contributed by atoms with van der Waals surface area (Å²) in [6.45, 7) is 0.505. The lowest BCUT2D eigenvalue weighted by Crippen LogP contribution is -2.18. The highest BCUT2D eigenvalue weighted by molar-refractivity contribution is 6.31. The number of hydrogen-bond acceptors (Lipinski definition) is 2. The summed E-state index contributed by atoms with van der Waals surface area (Å²) < 4.78 is 13.3. The molecular formula is C14H14ClFN2. The molecule has 0 aliphatic heterocycles. The van der Waals surface area contributed by atoms with Crippen LogP contribution >= 0.6 is 11.6 Å². The van der Waals surface area contributed by atoms with E-state index in [-0.39, 0.29) is 5.02 Å². The smallest absolute Gasteiger partial charge is 0.142 e. The van der Waals surface area contributed by atoms with Gasteiger partial charge in [0.2, 0.25) is 0 Å². The van der Waals surface area contributed by atoms with Crippen molar-refractivity contribution in [3.8, 4) is 0 Å². The van der Waals surface area contributed by atoms with E-state index >= 15 is 0 Å². The molecule has 0 saturated carbocycles. The van der Waals surface area contributed by atoms with Gasteiger partial charge in [0.05, 0.1) is 16.4 Å².